The molecule has 1 heterocycles. The van der Waals surface area contributed by atoms with E-state index in [9.17, 15) is 4.79 Å². The van der Waals surface area contributed by atoms with Crippen molar-refractivity contribution in [3.63, 3.8) is 0 Å². The van der Waals surface area contributed by atoms with Crippen LogP contribution in [0.15, 0.2) is 30.3 Å². The molecule has 1 saturated heterocycles. The Morgan fingerprint density at radius 1 is 1.28 bits per heavy atom. The maximum Gasteiger partial charge on any atom is 0.138 e. The average Bonchev–Trinajstić information content (AvgIpc) is 2.35. The van der Waals surface area contributed by atoms with Gasteiger partial charge in [-0.3, -0.25) is 9.69 Å². The Labute approximate surface area is 110 Å². The van der Waals surface area contributed by atoms with Crippen molar-refractivity contribution in [3.8, 4) is 0 Å². The van der Waals surface area contributed by atoms with E-state index in [1.165, 1.54) is 5.56 Å². The second-order valence-electron chi connectivity index (χ2n) is 5.66. The maximum absolute atomic E-state index is 11.7. The van der Waals surface area contributed by atoms with Crippen LogP contribution in [0.25, 0.3) is 0 Å². The first-order valence-electron chi connectivity index (χ1n) is 6.90. The van der Waals surface area contributed by atoms with Gasteiger partial charge in [-0.05, 0) is 25.8 Å². The zero-order chi connectivity index (χ0) is 13.1. The lowest BCUT2D eigenvalue weighted by atomic mass is 9.91. The minimum Gasteiger partial charge on any atom is -0.299 e. The molecule has 18 heavy (non-hydrogen) atoms. The van der Waals surface area contributed by atoms with Gasteiger partial charge in [0.15, 0.2) is 0 Å². The number of hydrogen-bond acceptors (Lipinski definition) is 2. The van der Waals surface area contributed by atoms with Crippen molar-refractivity contribution in [3.05, 3.63) is 35.9 Å². The highest BCUT2D eigenvalue weighted by molar-refractivity contribution is 5.82. The molecule has 1 fully saturated rings. The normalized spacial score (nSPS) is 27.2. The molecule has 0 N–H and O–H groups in total. The first-order chi connectivity index (χ1) is 8.58. The highest BCUT2D eigenvalue weighted by atomic mass is 16.1. The summed E-state index contributed by atoms with van der Waals surface area (Å²) in [6.45, 7) is 7.40. The van der Waals surface area contributed by atoms with E-state index in [1.807, 2.05) is 0 Å². The second-order valence-corrected chi connectivity index (χ2v) is 5.66. The second kappa shape index (κ2) is 5.66. The standard InChI is InChI=1S/C16H23NO/c1-12-11-17(14(3)10-16(12)18)13(2)9-15-7-5-4-6-8-15/h4-8,12-14H,9-11H2,1-3H3. The molecule has 1 aromatic rings. The lowest BCUT2D eigenvalue weighted by Gasteiger charge is -2.40. The van der Waals surface area contributed by atoms with Crippen LogP contribution >= 0.6 is 0 Å². The van der Waals surface area contributed by atoms with Gasteiger partial charge in [0.1, 0.15) is 5.78 Å². The number of hydrogen-bond donors (Lipinski definition) is 0. The molecule has 0 radical (unpaired) electrons. The van der Waals surface area contributed by atoms with Gasteiger partial charge in [0, 0.05) is 31.0 Å². The maximum atomic E-state index is 11.7. The topological polar surface area (TPSA) is 20.3 Å². The summed E-state index contributed by atoms with van der Waals surface area (Å²) in [7, 11) is 0. The van der Waals surface area contributed by atoms with E-state index in [0.717, 1.165) is 13.0 Å². The van der Waals surface area contributed by atoms with Crippen molar-refractivity contribution in [2.45, 2.75) is 45.7 Å². The van der Waals surface area contributed by atoms with Crippen molar-refractivity contribution < 1.29 is 4.79 Å². The summed E-state index contributed by atoms with van der Waals surface area (Å²) in [6, 6.07) is 11.5. The number of rotatable bonds is 3. The zero-order valence-electron chi connectivity index (χ0n) is 11.6. The van der Waals surface area contributed by atoms with Crippen molar-refractivity contribution >= 4 is 5.78 Å². The average molecular weight is 245 g/mol. The predicted octanol–water partition coefficient (Wildman–Crippen LogP) is 2.92. The summed E-state index contributed by atoms with van der Waals surface area (Å²) in [5.74, 6) is 0.616. The van der Waals surface area contributed by atoms with Crippen LogP contribution in [0.2, 0.25) is 0 Å². The van der Waals surface area contributed by atoms with Gasteiger partial charge in [-0.2, -0.15) is 0 Å². The summed E-state index contributed by atoms with van der Waals surface area (Å²) < 4.78 is 0. The van der Waals surface area contributed by atoms with E-state index < -0.39 is 0 Å². The van der Waals surface area contributed by atoms with E-state index in [4.69, 9.17) is 0 Å². The molecule has 2 heteroatoms. The number of carbonyl (C=O) groups excluding carboxylic acids is 1. The number of Topliss-reactive ketones (excluding diaryl/α,β-unsaturated/α-hetero) is 1. The third-order valence-electron chi connectivity index (χ3n) is 4.04. The van der Waals surface area contributed by atoms with Gasteiger partial charge in [-0.1, -0.05) is 37.3 Å². The van der Waals surface area contributed by atoms with E-state index in [2.05, 4.69) is 56.0 Å². The van der Waals surface area contributed by atoms with Crippen molar-refractivity contribution in [2.75, 3.05) is 6.54 Å². The number of piperidine rings is 1. The van der Waals surface area contributed by atoms with Crippen LogP contribution in [0, 0.1) is 5.92 Å². The Kier molecular flexibility index (Phi) is 4.18. The van der Waals surface area contributed by atoms with Crippen LogP contribution in [0.5, 0.6) is 0 Å². The minimum absolute atomic E-state index is 0.194. The Balaban J connectivity index is 2.00. The SMILES string of the molecule is CC1CN(C(C)Cc2ccccc2)C(C)CC1=O. The molecule has 3 atom stereocenters. The van der Waals surface area contributed by atoms with Crippen LogP contribution in [-0.4, -0.2) is 29.3 Å². The smallest absolute Gasteiger partial charge is 0.138 e. The summed E-state index contributed by atoms with van der Waals surface area (Å²) in [4.78, 5) is 14.2. The molecule has 1 aliphatic heterocycles. The number of benzene rings is 1. The lowest BCUT2D eigenvalue weighted by Crippen LogP contribution is -2.50. The molecule has 0 amide bonds. The van der Waals surface area contributed by atoms with Gasteiger partial charge in [-0.15, -0.1) is 0 Å². The van der Waals surface area contributed by atoms with Crippen LogP contribution in [0.1, 0.15) is 32.8 Å². The van der Waals surface area contributed by atoms with Crippen LogP contribution < -0.4 is 0 Å². The first-order valence-corrected chi connectivity index (χ1v) is 6.90. The molecule has 0 saturated carbocycles. The van der Waals surface area contributed by atoms with Crippen molar-refractivity contribution in [1.29, 1.82) is 0 Å². The lowest BCUT2D eigenvalue weighted by molar-refractivity contribution is -0.128. The fourth-order valence-electron chi connectivity index (χ4n) is 2.89. The van der Waals surface area contributed by atoms with Gasteiger partial charge < -0.3 is 0 Å². The van der Waals surface area contributed by atoms with Crippen molar-refractivity contribution in [1.82, 2.24) is 4.90 Å². The quantitative estimate of drug-likeness (QED) is 0.816. The number of likely N-dealkylation sites (tertiary alicyclic amines) is 1. The zero-order valence-corrected chi connectivity index (χ0v) is 11.6. The molecule has 0 bridgehead atoms. The molecule has 2 nitrogen and oxygen atoms in total. The van der Waals surface area contributed by atoms with Gasteiger partial charge in [-0.25, -0.2) is 0 Å². The van der Waals surface area contributed by atoms with E-state index >= 15 is 0 Å². The summed E-state index contributed by atoms with van der Waals surface area (Å²) in [5, 5.41) is 0. The molecule has 2 rings (SSSR count). The third kappa shape index (κ3) is 2.99. The van der Waals surface area contributed by atoms with E-state index in [-0.39, 0.29) is 5.92 Å². The molecular formula is C16H23NO. The largest absolute Gasteiger partial charge is 0.299 e. The van der Waals surface area contributed by atoms with Crippen LogP contribution in [0.3, 0.4) is 0 Å². The predicted molar refractivity (Wildman–Crippen MR) is 74.6 cm³/mol. The summed E-state index contributed by atoms with van der Waals surface area (Å²) in [5.41, 5.74) is 1.38. The molecule has 98 valence electrons. The molecule has 1 aromatic carbocycles. The van der Waals surface area contributed by atoms with Gasteiger partial charge in [0.05, 0.1) is 0 Å². The van der Waals surface area contributed by atoms with E-state index in [1.54, 1.807) is 0 Å². The van der Waals surface area contributed by atoms with E-state index in [0.29, 0.717) is 24.3 Å². The molecule has 3 unspecified atom stereocenters. The monoisotopic (exact) mass is 245 g/mol. The number of nitrogens with zero attached hydrogens (tertiary/aromatic N) is 1. The molecule has 0 spiro atoms. The van der Waals surface area contributed by atoms with Gasteiger partial charge >= 0.3 is 0 Å². The molecule has 1 aliphatic rings. The Morgan fingerprint density at radius 3 is 2.61 bits per heavy atom. The Hall–Kier alpha value is -1.15. The van der Waals surface area contributed by atoms with Gasteiger partial charge in [0.25, 0.3) is 0 Å². The Bertz CT molecular complexity index is 401. The third-order valence-corrected chi connectivity index (χ3v) is 4.04. The fraction of sp³-hybridized carbons (Fsp3) is 0.562. The van der Waals surface area contributed by atoms with Crippen LogP contribution in [0.4, 0.5) is 0 Å². The number of carbonyl (C=O) groups is 1. The first kappa shape index (κ1) is 13.3. The molecular weight excluding hydrogens is 222 g/mol. The Morgan fingerprint density at radius 2 is 1.94 bits per heavy atom. The highest BCUT2D eigenvalue weighted by Gasteiger charge is 2.31. The summed E-state index contributed by atoms with van der Waals surface area (Å²) in [6.07, 6.45) is 1.77. The molecule has 0 aromatic heterocycles. The van der Waals surface area contributed by atoms with Gasteiger partial charge in [0.2, 0.25) is 0 Å². The summed E-state index contributed by atoms with van der Waals surface area (Å²) >= 11 is 0. The molecule has 0 aliphatic carbocycles. The number of ketones is 1. The highest BCUT2D eigenvalue weighted by Crippen LogP contribution is 2.22. The fourth-order valence-corrected chi connectivity index (χ4v) is 2.89. The van der Waals surface area contributed by atoms with Crippen LogP contribution in [-0.2, 0) is 11.2 Å². The minimum atomic E-state index is 0.194. The van der Waals surface area contributed by atoms with Crippen molar-refractivity contribution in [2.24, 2.45) is 5.92 Å².